The predicted octanol–water partition coefficient (Wildman–Crippen LogP) is 4.44. The Labute approximate surface area is 127 Å². The third-order valence-corrected chi connectivity index (χ3v) is 3.42. The summed E-state index contributed by atoms with van der Waals surface area (Å²) in [6.45, 7) is 2.18. The number of unbranched alkanes of at least 4 members (excludes halogenated alkanes) is 1. The number of hydrogen-bond donors (Lipinski definition) is 1. The zero-order valence-corrected chi connectivity index (χ0v) is 13.0. The van der Waals surface area contributed by atoms with Gasteiger partial charge in [-0.1, -0.05) is 31.5 Å². The number of benzene rings is 1. The van der Waals surface area contributed by atoms with Gasteiger partial charge in [0.25, 0.3) is 5.91 Å². The number of carbonyl (C=O) groups is 1. The highest BCUT2D eigenvalue weighted by molar-refractivity contribution is 9.10. The molecule has 2 aromatic rings. The minimum absolute atomic E-state index is 0.201. The normalized spacial score (nSPS) is 10.3. The number of aromatic nitrogens is 1. The molecule has 3 nitrogen and oxygen atoms in total. The van der Waals surface area contributed by atoms with E-state index in [2.05, 4.69) is 45.3 Å². The van der Waals surface area contributed by atoms with Crippen LogP contribution in [0.2, 0.25) is 0 Å². The number of aryl methyl sites for hydroxylation is 1. The first-order valence-corrected chi connectivity index (χ1v) is 7.51. The van der Waals surface area contributed by atoms with Crippen LogP contribution in [0, 0.1) is 0 Å². The number of nitrogens with zero attached hydrogens (tertiary/aromatic N) is 1. The fraction of sp³-hybridized carbons (Fsp3) is 0.250. The molecular formula is C16H17BrN2O. The highest BCUT2D eigenvalue weighted by Gasteiger charge is 2.07. The van der Waals surface area contributed by atoms with Crippen molar-refractivity contribution in [2.75, 3.05) is 5.32 Å². The summed E-state index contributed by atoms with van der Waals surface area (Å²) in [4.78, 5) is 16.2. The van der Waals surface area contributed by atoms with Gasteiger partial charge in [-0.05, 0) is 58.6 Å². The van der Waals surface area contributed by atoms with E-state index >= 15 is 0 Å². The molecule has 0 fully saturated rings. The van der Waals surface area contributed by atoms with Gasteiger partial charge in [-0.2, -0.15) is 0 Å². The minimum atomic E-state index is -0.201. The first kappa shape index (κ1) is 14.7. The van der Waals surface area contributed by atoms with Crippen molar-refractivity contribution < 1.29 is 4.79 Å². The Morgan fingerprint density at radius 1 is 1.20 bits per heavy atom. The molecule has 104 valence electrons. The van der Waals surface area contributed by atoms with Crippen LogP contribution < -0.4 is 5.32 Å². The van der Waals surface area contributed by atoms with E-state index in [-0.39, 0.29) is 5.91 Å². The molecule has 0 unspecified atom stereocenters. The summed E-state index contributed by atoms with van der Waals surface area (Å²) in [5.74, 6) is -0.201. The van der Waals surface area contributed by atoms with Crippen LogP contribution in [0.25, 0.3) is 0 Å². The van der Waals surface area contributed by atoms with E-state index in [1.807, 2.05) is 12.1 Å². The minimum Gasteiger partial charge on any atom is -0.321 e. The molecule has 4 heteroatoms. The Morgan fingerprint density at radius 3 is 2.60 bits per heavy atom. The highest BCUT2D eigenvalue weighted by atomic mass is 79.9. The van der Waals surface area contributed by atoms with Crippen molar-refractivity contribution in [1.29, 1.82) is 0 Å². The van der Waals surface area contributed by atoms with Crippen LogP contribution in [0.1, 0.15) is 35.8 Å². The maximum absolute atomic E-state index is 12.0. The lowest BCUT2D eigenvalue weighted by atomic mass is 10.1. The van der Waals surface area contributed by atoms with Gasteiger partial charge in [0.2, 0.25) is 0 Å². The fourth-order valence-electron chi connectivity index (χ4n) is 1.87. The SMILES string of the molecule is CCCCc1ccc(NC(=O)c2cccc(Br)n2)cc1. The Kier molecular flexibility index (Phi) is 5.30. The van der Waals surface area contributed by atoms with E-state index in [1.54, 1.807) is 18.2 Å². The average molecular weight is 333 g/mol. The van der Waals surface area contributed by atoms with Gasteiger partial charge in [0.1, 0.15) is 10.3 Å². The molecule has 1 aromatic heterocycles. The van der Waals surface area contributed by atoms with Crippen LogP contribution in [-0.4, -0.2) is 10.9 Å². The average Bonchev–Trinajstić information content (AvgIpc) is 2.46. The number of anilines is 1. The molecule has 1 aromatic carbocycles. The summed E-state index contributed by atoms with van der Waals surface area (Å²) in [7, 11) is 0. The lowest BCUT2D eigenvalue weighted by Gasteiger charge is -2.06. The van der Waals surface area contributed by atoms with Crippen molar-refractivity contribution >= 4 is 27.5 Å². The molecule has 2 rings (SSSR count). The van der Waals surface area contributed by atoms with Gasteiger partial charge in [0, 0.05) is 5.69 Å². The number of amides is 1. The molecule has 0 aliphatic rings. The molecule has 0 atom stereocenters. The van der Waals surface area contributed by atoms with E-state index in [4.69, 9.17) is 0 Å². The van der Waals surface area contributed by atoms with Crippen molar-refractivity contribution in [3.8, 4) is 0 Å². The summed E-state index contributed by atoms with van der Waals surface area (Å²) in [6, 6.07) is 13.2. The highest BCUT2D eigenvalue weighted by Crippen LogP contribution is 2.13. The number of carbonyl (C=O) groups excluding carboxylic acids is 1. The van der Waals surface area contributed by atoms with Gasteiger partial charge in [0.05, 0.1) is 0 Å². The Morgan fingerprint density at radius 2 is 1.95 bits per heavy atom. The quantitative estimate of drug-likeness (QED) is 0.822. The molecule has 0 bridgehead atoms. The second-order valence-corrected chi connectivity index (χ2v) is 5.41. The number of hydrogen-bond acceptors (Lipinski definition) is 2. The summed E-state index contributed by atoms with van der Waals surface area (Å²) in [5.41, 5.74) is 2.48. The topological polar surface area (TPSA) is 42.0 Å². The van der Waals surface area contributed by atoms with Crippen LogP contribution in [0.3, 0.4) is 0 Å². The third-order valence-electron chi connectivity index (χ3n) is 2.98. The lowest BCUT2D eigenvalue weighted by Crippen LogP contribution is -2.13. The number of rotatable bonds is 5. The smallest absolute Gasteiger partial charge is 0.274 e. The maximum Gasteiger partial charge on any atom is 0.274 e. The van der Waals surface area contributed by atoms with Gasteiger partial charge in [0.15, 0.2) is 0 Å². The van der Waals surface area contributed by atoms with E-state index in [9.17, 15) is 4.79 Å². The van der Waals surface area contributed by atoms with Crippen molar-refractivity contribution in [2.24, 2.45) is 0 Å². The molecule has 0 aliphatic carbocycles. The van der Waals surface area contributed by atoms with Gasteiger partial charge >= 0.3 is 0 Å². The van der Waals surface area contributed by atoms with Crippen molar-refractivity contribution in [3.05, 3.63) is 58.3 Å². The zero-order valence-electron chi connectivity index (χ0n) is 11.4. The molecule has 0 saturated heterocycles. The van der Waals surface area contributed by atoms with Crippen molar-refractivity contribution in [1.82, 2.24) is 4.98 Å². The first-order chi connectivity index (χ1) is 9.69. The maximum atomic E-state index is 12.0. The monoisotopic (exact) mass is 332 g/mol. The Balaban J connectivity index is 2.01. The van der Waals surface area contributed by atoms with Crippen molar-refractivity contribution in [2.45, 2.75) is 26.2 Å². The molecule has 1 amide bonds. The van der Waals surface area contributed by atoms with Gasteiger partial charge in [-0.3, -0.25) is 4.79 Å². The Bertz CT molecular complexity index is 581. The molecule has 0 saturated carbocycles. The third kappa shape index (κ3) is 4.17. The zero-order chi connectivity index (χ0) is 14.4. The molecule has 0 spiro atoms. The molecule has 1 N–H and O–H groups in total. The number of halogens is 1. The Hall–Kier alpha value is -1.68. The first-order valence-electron chi connectivity index (χ1n) is 6.72. The van der Waals surface area contributed by atoms with E-state index < -0.39 is 0 Å². The van der Waals surface area contributed by atoms with Gasteiger partial charge < -0.3 is 5.32 Å². The van der Waals surface area contributed by atoms with Gasteiger partial charge in [-0.15, -0.1) is 0 Å². The van der Waals surface area contributed by atoms with Crippen LogP contribution in [0.4, 0.5) is 5.69 Å². The fourth-order valence-corrected chi connectivity index (χ4v) is 2.21. The summed E-state index contributed by atoms with van der Waals surface area (Å²) in [5, 5.41) is 2.85. The summed E-state index contributed by atoms with van der Waals surface area (Å²) < 4.78 is 0.653. The molecule has 0 aliphatic heterocycles. The molecule has 20 heavy (non-hydrogen) atoms. The van der Waals surface area contributed by atoms with Crippen molar-refractivity contribution in [3.63, 3.8) is 0 Å². The predicted molar refractivity (Wildman–Crippen MR) is 84.9 cm³/mol. The number of pyridine rings is 1. The standard InChI is InChI=1S/C16H17BrN2O/c1-2-3-5-12-8-10-13(11-9-12)18-16(20)14-6-4-7-15(17)19-14/h4,6-11H,2-3,5H2,1H3,(H,18,20). The van der Waals surface area contributed by atoms with Crippen LogP contribution in [-0.2, 0) is 6.42 Å². The second kappa shape index (κ2) is 7.20. The van der Waals surface area contributed by atoms with Gasteiger partial charge in [-0.25, -0.2) is 4.98 Å². The lowest BCUT2D eigenvalue weighted by molar-refractivity contribution is 0.102. The van der Waals surface area contributed by atoms with Crippen LogP contribution in [0.5, 0.6) is 0 Å². The second-order valence-electron chi connectivity index (χ2n) is 4.60. The summed E-state index contributed by atoms with van der Waals surface area (Å²) >= 11 is 3.26. The van der Waals surface area contributed by atoms with E-state index in [0.29, 0.717) is 10.3 Å². The molecule has 0 radical (unpaired) electrons. The van der Waals surface area contributed by atoms with E-state index in [0.717, 1.165) is 12.1 Å². The molecular weight excluding hydrogens is 316 g/mol. The largest absolute Gasteiger partial charge is 0.321 e. The van der Waals surface area contributed by atoms with Crippen LogP contribution in [0.15, 0.2) is 47.1 Å². The summed E-state index contributed by atoms with van der Waals surface area (Å²) in [6.07, 6.45) is 3.46. The number of nitrogens with one attached hydrogen (secondary N) is 1. The van der Waals surface area contributed by atoms with Crippen LogP contribution >= 0.6 is 15.9 Å². The van der Waals surface area contributed by atoms with E-state index in [1.165, 1.54) is 18.4 Å². The molecule has 1 heterocycles.